The maximum absolute atomic E-state index is 12.6. The number of aliphatic carboxylic acids is 1. The number of amides is 2. The third-order valence-electron chi connectivity index (χ3n) is 4.12. The molecule has 1 aliphatic heterocycles. The number of benzene rings is 1. The van der Waals surface area contributed by atoms with Crippen molar-refractivity contribution in [3.8, 4) is 5.75 Å². The first kappa shape index (κ1) is 15.6. The summed E-state index contributed by atoms with van der Waals surface area (Å²) in [5.74, 6) is -1.90. The minimum atomic E-state index is -0.900. The number of carbonyl (C=O) groups is 3. The van der Waals surface area contributed by atoms with Crippen molar-refractivity contribution in [3.63, 3.8) is 0 Å². The van der Waals surface area contributed by atoms with Crippen LogP contribution in [0.5, 0.6) is 5.75 Å². The fourth-order valence-corrected chi connectivity index (χ4v) is 4.01. The molecule has 0 fully saturated rings. The number of aromatic nitrogens is 1. The number of ether oxygens (including phenoxy) is 1. The smallest absolute Gasteiger partial charge is 0.312 e. The highest BCUT2D eigenvalue weighted by atomic mass is 32.1. The fourth-order valence-electron chi connectivity index (χ4n) is 2.98. The van der Waals surface area contributed by atoms with Crippen LogP contribution in [0.3, 0.4) is 0 Å². The number of fused-ring (bicyclic) bond motifs is 2. The number of nitrogens with one attached hydrogen (secondary N) is 2. The first-order valence-corrected chi connectivity index (χ1v) is 8.44. The Morgan fingerprint density at radius 2 is 2.24 bits per heavy atom. The molecule has 3 N–H and O–H groups in total. The number of nitrogens with zero attached hydrogens (tertiary/aromatic N) is 1. The molecule has 2 heterocycles. The molecule has 1 atom stereocenters. The summed E-state index contributed by atoms with van der Waals surface area (Å²) in [7, 11) is 0. The predicted molar refractivity (Wildman–Crippen MR) is 89.3 cm³/mol. The third-order valence-corrected chi connectivity index (χ3v) is 5.16. The van der Waals surface area contributed by atoms with Crippen LogP contribution >= 0.6 is 11.3 Å². The number of hydrogen-bond donors (Lipinski definition) is 3. The molecule has 0 saturated carbocycles. The molecule has 9 heteroatoms. The molecule has 1 unspecified atom stereocenters. The summed E-state index contributed by atoms with van der Waals surface area (Å²) in [5, 5.41) is 14.9. The molecule has 1 aliphatic carbocycles. The molecule has 0 saturated heterocycles. The highest BCUT2D eigenvalue weighted by Gasteiger charge is 2.33. The number of hydrogen-bond acceptors (Lipinski definition) is 6. The number of aryl methyl sites for hydroxylation is 1. The van der Waals surface area contributed by atoms with Crippen LogP contribution in [0.4, 0.5) is 10.8 Å². The van der Waals surface area contributed by atoms with Crippen LogP contribution in [-0.4, -0.2) is 34.5 Å². The number of thiazole rings is 1. The van der Waals surface area contributed by atoms with E-state index >= 15 is 0 Å². The van der Waals surface area contributed by atoms with E-state index in [2.05, 4.69) is 15.6 Å². The molecule has 0 radical (unpaired) electrons. The van der Waals surface area contributed by atoms with Gasteiger partial charge < -0.3 is 15.2 Å². The SMILES string of the molecule is O=C1COc2c(cccc2C(=O)Nc2nc3c(s2)CCC3C(=O)O)N1. The summed E-state index contributed by atoms with van der Waals surface area (Å²) >= 11 is 1.29. The zero-order valence-electron chi connectivity index (χ0n) is 12.9. The zero-order chi connectivity index (χ0) is 17.6. The second kappa shape index (κ2) is 5.85. The quantitative estimate of drug-likeness (QED) is 0.770. The van der Waals surface area contributed by atoms with Gasteiger partial charge in [0.25, 0.3) is 11.8 Å². The number of carboxylic acids is 1. The summed E-state index contributed by atoms with van der Waals surface area (Å²) < 4.78 is 5.37. The number of carboxylic acid groups (broad SMARTS) is 1. The average molecular weight is 359 g/mol. The van der Waals surface area contributed by atoms with Gasteiger partial charge in [-0.1, -0.05) is 6.07 Å². The van der Waals surface area contributed by atoms with Crippen molar-refractivity contribution in [2.45, 2.75) is 18.8 Å². The van der Waals surface area contributed by atoms with Crippen molar-refractivity contribution in [2.24, 2.45) is 0 Å². The fraction of sp³-hybridized carbons (Fsp3) is 0.250. The molecule has 0 spiro atoms. The maximum atomic E-state index is 12.6. The van der Waals surface area contributed by atoms with Gasteiger partial charge >= 0.3 is 5.97 Å². The number of para-hydroxylation sites is 1. The molecular weight excluding hydrogens is 346 g/mol. The molecule has 2 aliphatic rings. The second-order valence-corrected chi connectivity index (χ2v) is 6.81. The minimum Gasteiger partial charge on any atom is -0.481 e. The molecule has 8 nitrogen and oxygen atoms in total. The summed E-state index contributed by atoms with van der Waals surface area (Å²) in [6.45, 7) is -0.150. The Hall–Kier alpha value is -2.94. The summed E-state index contributed by atoms with van der Waals surface area (Å²) in [4.78, 5) is 40.3. The van der Waals surface area contributed by atoms with Crippen molar-refractivity contribution >= 4 is 39.9 Å². The van der Waals surface area contributed by atoms with Crippen LogP contribution in [0.2, 0.25) is 0 Å². The highest BCUT2D eigenvalue weighted by molar-refractivity contribution is 7.16. The minimum absolute atomic E-state index is 0.150. The van der Waals surface area contributed by atoms with E-state index in [1.54, 1.807) is 18.2 Å². The van der Waals surface area contributed by atoms with Gasteiger partial charge in [-0.3, -0.25) is 19.7 Å². The molecule has 2 amide bonds. The van der Waals surface area contributed by atoms with Crippen molar-refractivity contribution in [1.29, 1.82) is 0 Å². The van der Waals surface area contributed by atoms with Crippen LogP contribution in [0.25, 0.3) is 0 Å². The third kappa shape index (κ3) is 2.72. The van der Waals surface area contributed by atoms with Gasteiger partial charge in [0.05, 0.1) is 16.9 Å². The van der Waals surface area contributed by atoms with Gasteiger partial charge in [-0.15, -0.1) is 11.3 Å². The van der Waals surface area contributed by atoms with Crippen molar-refractivity contribution in [1.82, 2.24) is 4.98 Å². The van der Waals surface area contributed by atoms with E-state index in [-0.39, 0.29) is 18.1 Å². The Bertz CT molecular complexity index is 907. The van der Waals surface area contributed by atoms with Crippen LogP contribution in [-0.2, 0) is 16.0 Å². The largest absolute Gasteiger partial charge is 0.481 e. The highest BCUT2D eigenvalue weighted by Crippen LogP contribution is 2.39. The monoisotopic (exact) mass is 359 g/mol. The lowest BCUT2D eigenvalue weighted by atomic mass is 10.1. The molecule has 0 bridgehead atoms. The molecule has 25 heavy (non-hydrogen) atoms. The van der Waals surface area contributed by atoms with E-state index < -0.39 is 17.8 Å². The second-order valence-electron chi connectivity index (χ2n) is 5.73. The van der Waals surface area contributed by atoms with E-state index in [1.165, 1.54) is 11.3 Å². The summed E-state index contributed by atoms with van der Waals surface area (Å²) in [5.41, 5.74) is 1.26. The van der Waals surface area contributed by atoms with Crippen LogP contribution in [0.15, 0.2) is 18.2 Å². The number of rotatable bonds is 3. The zero-order valence-corrected chi connectivity index (χ0v) is 13.7. The summed E-state index contributed by atoms with van der Waals surface area (Å²) in [6, 6.07) is 4.89. The molecule has 4 rings (SSSR count). The van der Waals surface area contributed by atoms with Crippen LogP contribution in [0.1, 0.15) is 33.3 Å². The van der Waals surface area contributed by atoms with Gasteiger partial charge in [0.1, 0.15) is 5.92 Å². The lowest BCUT2D eigenvalue weighted by molar-refractivity contribution is -0.138. The van der Waals surface area contributed by atoms with Gasteiger partial charge in [0.2, 0.25) is 0 Å². The van der Waals surface area contributed by atoms with Crippen molar-refractivity contribution in [2.75, 3.05) is 17.2 Å². The van der Waals surface area contributed by atoms with Gasteiger partial charge in [0, 0.05) is 4.88 Å². The van der Waals surface area contributed by atoms with Crippen molar-refractivity contribution < 1.29 is 24.2 Å². The normalized spacial score (nSPS) is 17.9. The first-order valence-electron chi connectivity index (χ1n) is 7.62. The molecular formula is C16H13N3O5S. The van der Waals surface area contributed by atoms with E-state index in [0.29, 0.717) is 35.1 Å². The predicted octanol–water partition coefficient (Wildman–Crippen LogP) is 1.84. The van der Waals surface area contributed by atoms with Gasteiger partial charge in [0.15, 0.2) is 17.5 Å². The Labute approximate surface area is 145 Å². The Morgan fingerprint density at radius 3 is 3.04 bits per heavy atom. The van der Waals surface area contributed by atoms with Gasteiger partial charge in [-0.05, 0) is 25.0 Å². The van der Waals surface area contributed by atoms with E-state index in [9.17, 15) is 19.5 Å². The molecule has 1 aromatic carbocycles. The summed E-state index contributed by atoms with van der Waals surface area (Å²) in [6.07, 6.45) is 1.19. The molecule has 128 valence electrons. The standard InChI is InChI=1S/C16H13N3O5S/c20-11-6-24-13-8(2-1-3-9(13)17-11)14(21)19-16-18-12-7(15(22)23)4-5-10(12)25-16/h1-3,7H,4-6H2,(H,17,20)(H,22,23)(H,18,19,21). The Balaban J connectivity index is 1.58. The topological polar surface area (TPSA) is 118 Å². The average Bonchev–Trinajstić information content (AvgIpc) is 3.13. The maximum Gasteiger partial charge on any atom is 0.312 e. The van der Waals surface area contributed by atoms with Crippen LogP contribution < -0.4 is 15.4 Å². The van der Waals surface area contributed by atoms with Crippen LogP contribution in [0, 0.1) is 0 Å². The molecule has 1 aromatic heterocycles. The van der Waals surface area contributed by atoms with E-state index in [0.717, 1.165) is 4.88 Å². The number of carbonyl (C=O) groups excluding carboxylic acids is 2. The molecule has 2 aromatic rings. The van der Waals surface area contributed by atoms with E-state index in [1.807, 2.05) is 0 Å². The van der Waals surface area contributed by atoms with Crippen molar-refractivity contribution in [3.05, 3.63) is 34.3 Å². The van der Waals surface area contributed by atoms with Gasteiger partial charge in [-0.2, -0.15) is 0 Å². The lowest BCUT2D eigenvalue weighted by Crippen LogP contribution is -2.27. The number of anilines is 2. The van der Waals surface area contributed by atoms with Gasteiger partial charge in [-0.25, -0.2) is 4.98 Å². The Kier molecular flexibility index (Phi) is 3.65. The lowest BCUT2D eigenvalue weighted by Gasteiger charge is -2.20. The Morgan fingerprint density at radius 1 is 1.40 bits per heavy atom. The van der Waals surface area contributed by atoms with E-state index in [4.69, 9.17) is 4.74 Å². The first-order chi connectivity index (χ1) is 12.0.